The van der Waals surface area contributed by atoms with Crippen LogP contribution in [0, 0.1) is 6.92 Å². The molecule has 2 aromatic rings. The van der Waals surface area contributed by atoms with Crippen LogP contribution in [0.1, 0.15) is 25.0 Å². The van der Waals surface area contributed by atoms with Crippen molar-refractivity contribution >= 4 is 10.0 Å². The molecule has 0 amide bonds. The third-order valence-corrected chi connectivity index (χ3v) is 5.14. The second kappa shape index (κ2) is 7.10. The number of benzene rings is 1. The first kappa shape index (κ1) is 17.4. The number of aryl methyl sites for hydroxylation is 1. The van der Waals surface area contributed by atoms with Gasteiger partial charge in [-0.1, -0.05) is 6.07 Å². The zero-order valence-electron chi connectivity index (χ0n) is 13.9. The molecule has 6 heteroatoms. The van der Waals surface area contributed by atoms with E-state index in [4.69, 9.17) is 4.74 Å². The first-order valence-corrected chi connectivity index (χ1v) is 8.87. The number of pyridine rings is 1. The van der Waals surface area contributed by atoms with Crippen LogP contribution in [0.15, 0.2) is 47.6 Å². The van der Waals surface area contributed by atoms with E-state index in [2.05, 4.69) is 4.98 Å². The van der Waals surface area contributed by atoms with Crippen LogP contribution in [0.25, 0.3) is 0 Å². The summed E-state index contributed by atoms with van der Waals surface area (Å²) in [5, 5.41) is 0. The van der Waals surface area contributed by atoms with Crippen LogP contribution in [0.3, 0.4) is 0 Å². The molecule has 0 atom stereocenters. The second-order valence-electron chi connectivity index (χ2n) is 5.72. The quantitative estimate of drug-likeness (QED) is 0.815. The molecule has 1 aromatic heterocycles. The van der Waals surface area contributed by atoms with Gasteiger partial charge in [-0.2, -0.15) is 4.31 Å². The summed E-state index contributed by atoms with van der Waals surface area (Å²) in [5.41, 5.74) is 1.64. The number of hydrogen-bond donors (Lipinski definition) is 0. The largest absolute Gasteiger partial charge is 0.491 e. The number of rotatable bonds is 6. The average molecular weight is 334 g/mol. The number of nitrogens with zero attached hydrogens (tertiary/aromatic N) is 2. The van der Waals surface area contributed by atoms with Crippen LogP contribution in [0.2, 0.25) is 0 Å². The van der Waals surface area contributed by atoms with E-state index < -0.39 is 10.0 Å². The summed E-state index contributed by atoms with van der Waals surface area (Å²) in [4.78, 5) is 4.27. The highest BCUT2D eigenvalue weighted by atomic mass is 32.2. The Balaban J connectivity index is 2.23. The molecule has 1 heterocycles. The lowest BCUT2D eigenvalue weighted by molar-refractivity contribution is 0.240. The number of sulfonamides is 1. The number of aromatic nitrogens is 1. The lowest BCUT2D eigenvalue weighted by Crippen LogP contribution is -2.26. The van der Waals surface area contributed by atoms with Crippen LogP contribution < -0.4 is 4.74 Å². The molecule has 0 fully saturated rings. The van der Waals surface area contributed by atoms with E-state index in [1.54, 1.807) is 43.7 Å². The summed E-state index contributed by atoms with van der Waals surface area (Å²) in [6.07, 6.45) is 3.37. The predicted molar refractivity (Wildman–Crippen MR) is 89.8 cm³/mol. The third-order valence-electron chi connectivity index (χ3n) is 3.35. The van der Waals surface area contributed by atoms with Crippen molar-refractivity contribution < 1.29 is 13.2 Å². The lowest BCUT2D eigenvalue weighted by atomic mass is 10.2. The Kier molecular flexibility index (Phi) is 5.38. The first-order chi connectivity index (χ1) is 10.8. The Morgan fingerprint density at radius 2 is 2.00 bits per heavy atom. The third kappa shape index (κ3) is 4.30. The highest BCUT2D eigenvalue weighted by Crippen LogP contribution is 2.25. The molecule has 0 aliphatic rings. The van der Waals surface area contributed by atoms with E-state index in [1.807, 2.05) is 26.8 Å². The van der Waals surface area contributed by atoms with Crippen molar-refractivity contribution in [2.24, 2.45) is 0 Å². The zero-order valence-corrected chi connectivity index (χ0v) is 14.7. The molecule has 0 N–H and O–H groups in total. The standard InChI is InChI=1S/C17H22N2O3S/c1-13(2)22-17-8-7-16(10-14(17)3)23(20,21)19(4)12-15-6-5-9-18-11-15/h5-11,13H,12H2,1-4H3. The van der Waals surface area contributed by atoms with Crippen LogP contribution >= 0.6 is 0 Å². The van der Waals surface area contributed by atoms with Crippen molar-refractivity contribution in [2.45, 2.75) is 38.3 Å². The molecule has 0 unspecified atom stereocenters. The summed E-state index contributed by atoms with van der Waals surface area (Å²) < 4.78 is 32.3. The van der Waals surface area contributed by atoms with Crippen molar-refractivity contribution in [1.82, 2.24) is 9.29 Å². The van der Waals surface area contributed by atoms with Crippen molar-refractivity contribution in [1.29, 1.82) is 0 Å². The molecule has 0 spiro atoms. The molecular formula is C17H22N2O3S. The summed E-state index contributed by atoms with van der Waals surface area (Å²) in [7, 11) is -1.99. The molecule has 1 aromatic carbocycles. The Bertz CT molecular complexity index is 759. The maximum Gasteiger partial charge on any atom is 0.243 e. The van der Waals surface area contributed by atoms with Crippen LogP contribution in [-0.2, 0) is 16.6 Å². The summed E-state index contributed by atoms with van der Waals surface area (Å²) >= 11 is 0. The van der Waals surface area contributed by atoms with Crippen molar-refractivity contribution in [3.63, 3.8) is 0 Å². The van der Waals surface area contributed by atoms with E-state index in [1.165, 1.54) is 4.31 Å². The molecule has 0 saturated carbocycles. The smallest absolute Gasteiger partial charge is 0.243 e. The number of hydrogen-bond acceptors (Lipinski definition) is 4. The summed E-state index contributed by atoms with van der Waals surface area (Å²) in [6, 6.07) is 8.58. The highest BCUT2D eigenvalue weighted by molar-refractivity contribution is 7.89. The number of ether oxygens (including phenoxy) is 1. The van der Waals surface area contributed by atoms with Gasteiger partial charge in [0.25, 0.3) is 0 Å². The molecule has 0 radical (unpaired) electrons. The molecule has 0 aliphatic carbocycles. The first-order valence-electron chi connectivity index (χ1n) is 7.43. The van der Waals surface area contributed by atoms with E-state index in [0.29, 0.717) is 5.75 Å². The van der Waals surface area contributed by atoms with Crippen LogP contribution in [-0.4, -0.2) is 30.9 Å². The minimum atomic E-state index is -3.55. The van der Waals surface area contributed by atoms with Gasteiger partial charge in [0, 0.05) is 26.0 Å². The van der Waals surface area contributed by atoms with Crippen LogP contribution in [0.4, 0.5) is 0 Å². The van der Waals surface area contributed by atoms with E-state index in [-0.39, 0.29) is 17.5 Å². The van der Waals surface area contributed by atoms with E-state index in [0.717, 1.165) is 11.1 Å². The minimum Gasteiger partial charge on any atom is -0.491 e. The van der Waals surface area contributed by atoms with Crippen molar-refractivity contribution in [2.75, 3.05) is 7.05 Å². The molecule has 23 heavy (non-hydrogen) atoms. The molecular weight excluding hydrogens is 312 g/mol. The van der Waals surface area contributed by atoms with Gasteiger partial charge in [0.15, 0.2) is 0 Å². The maximum atomic E-state index is 12.7. The van der Waals surface area contributed by atoms with Gasteiger partial charge >= 0.3 is 0 Å². The molecule has 124 valence electrons. The van der Waals surface area contributed by atoms with E-state index >= 15 is 0 Å². The molecule has 5 nitrogen and oxygen atoms in total. The molecule has 0 aliphatic heterocycles. The van der Waals surface area contributed by atoms with Gasteiger partial charge in [-0.25, -0.2) is 8.42 Å². The van der Waals surface area contributed by atoms with Gasteiger partial charge in [0.05, 0.1) is 11.0 Å². The fourth-order valence-electron chi connectivity index (χ4n) is 2.18. The van der Waals surface area contributed by atoms with Crippen molar-refractivity contribution in [3.8, 4) is 5.75 Å². The lowest BCUT2D eigenvalue weighted by Gasteiger charge is -2.18. The van der Waals surface area contributed by atoms with Gasteiger partial charge in [-0.15, -0.1) is 0 Å². The van der Waals surface area contributed by atoms with Gasteiger partial charge < -0.3 is 4.74 Å². The van der Waals surface area contributed by atoms with E-state index in [9.17, 15) is 8.42 Å². The van der Waals surface area contributed by atoms with Gasteiger partial charge in [0.2, 0.25) is 10.0 Å². The monoisotopic (exact) mass is 334 g/mol. The normalized spacial score (nSPS) is 11.9. The van der Waals surface area contributed by atoms with Crippen molar-refractivity contribution in [3.05, 3.63) is 53.9 Å². The Morgan fingerprint density at radius 3 is 2.57 bits per heavy atom. The fraction of sp³-hybridized carbons (Fsp3) is 0.353. The maximum absolute atomic E-state index is 12.7. The fourth-order valence-corrected chi connectivity index (χ4v) is 3.43. The zero-order chi connectivity index (χ0) is 17.0. The molecule has 2 rings (SSSR count). The summed E-state index contributed by atoms with van der Waals surface area (Å²) in [6.45, 7) is 5.99. The SMILES string of the molecule is Cc1cc(S(=O)(=O)N(C)Cc2cccnc2)ccc1OC(C)C. The van der Waals surface area contributed by atoms with Gasteiger partial charge in [-0.05, 0) is 56.2 Å². The van der Waals surface area contributed by atoms with Gasteiger partial charge in [0.1, 0.15) is 5.75 Å². The highest BCUT2D eigenvalue weighted by Gasteiger charge is 2.22. The average Bonchev–Trinajstić information content (AvgIpc) is 2.49. The Labute approximate surface area is 138 Å². The summed E-state index contributed by atoms with van der Waals surface area (Å²) in [5.74, 6) is 0.703. The van der Waals surface area contributed by atoms with Crippen LogP contribution in [0.5, 0.6) is 5.75 Å². The minimum absolute atomic E-state index is 0.0458. The molecule has 0 saturated heterocycles. The Morgan fingerprint density at radius 1 is 1.26 bits per heavy atom. The topological polar surface area (TPSA) is 59.5 Å². The molecule has 0 bridgehead atoms. The van der Waals surface area contributed by atoms with Gasteiger partial charge in [-0.3, -0.25) is 4.98 Å². The predicted octanol–water partition coefficient (Wildman–Crippen LogP) is 3.00. The second-order valence-corrected chi connectivity index (χ2v) is 7.76. The Hall–Kier alpha value is -1.92.